The third-order valence-electron chi connectivity index (χ3n) is 4.60. The lowest BCUT2D eigenvalue weighted by Crippen LogP contribution is -2.42. The number of amides is 1. The highest BCUT2D eigenvalue weighted by Gasteiger charge is 2.34. The van der Waals surface area contributed by atoms with E-state index in [1.807, 2.05) is 17.0 Å². The van der Waals surface area contributed by atoms with Crippen LogP contribution in [-0.2, 0) is 9.59 Å². The summed E-state index contributed by atoms with van der Waals surface area (Å²) in [5.74, 6) is 0.605. The molecule has 2 aliphatic rings. The van der Waals surface area contributed by atoms with E-state index in [1.165, 1.54) is 4.90 Å². The predicted molar refractivity (Wildman–Crippen MR) is 86.1 cm³/mol. The molecule has 0 aliphatic carbocycles. The largest absolute Gasteiger partial charge is 0.481 e. The number of nitrogens with zero attached hydrogens (tertiary/aromatic N) is 1. The summed E-state index contributed by atoms with van der Waals surface area (Å²) in [5.41, 5.74) is 1.16. The van der Waals surface area contributed by atoms with Crippen LogP contribution in [0.4, 0.5) is 0 Å². The Morgan fingerprint density at radius 2 is 2.14 bits per heavy atom. The van der Waals surface area contributed by atoms with E-state index in [4.69, 9.17) is 5.11 Å². The van der Waals surface area contributed by atoms with Gasteiger partial charge in [0.25, 0.3) is 0 Å². The first-order valence-electron chi connectivity index (χ1n) is 7.87. The maximum Gasteiger partial charge on any atom is 0.303 e. The van der Waals surface area contributed by atoms with Gasteiger partial charge in [-0.2, -0.15) is 0 Å². The zero-order chi connectivity index (χ0) is 15.5. The van der Waals surface area contributed by atoms with Gasteiger partial charge in [-0.1, -0.05) is 18.2 Å². The molecule has 0 spiro atoms. The molecule has 1 aromatic rings. The molecular weight excluding hydrogens is 298 g/mol. The minimum atomic E-state index is -0.746. The van der Waals surface area contributed by atoms with Crippen LogP contribution in [0.15, 0.2) is 29.2 Å². The molecule has 5 heteroatoms. The summed E-state index contributed by atoms with van der Waals surface area (Å²) >= 11 is 1.76. The van der Waals surface area contributed by atoms with E-state index in [2.05, 4.69) is 12.1 Å². The SMILES string of the molecule is O=C(O)CCC1CCCN(C(=O)C2CSc3ccccc32)C1. The lowest BCUT2D eigenvalue weighted by molar-refractivity contribution is -0.137. The van der Waals surface area contributed by atoms with Gasteiger partial charge in [-0.05, 0) is 36.8 Å². The molecule has 0 saturated carbocycles. The Balaban J connectivity index is 1.64. The van der Waals surface area contributed by atoms with Gasteiger partial charge in [-0.25, -0.2) is 0 Å². The summed E-state index contributed by atoms with van der Waals surface area (Å²) in [4.78, 5) is 26.7. The van der Waals surface area contributed by atoms with Crippen molar-refractivity contribution in [2.75, 3.05) is 18.8 Å². The maximum atomic E-state index is 12.8. The molecule has 2 aliphatic heterocycles. The number of aliphatic carboxylic acids is 1. The highest BCUT2D eigenvalue weighted by Crippen LogP contribution is 2.40. The van der Waals surface area contributed by atoms with Crippen LogP contribution in [0.25, 0.3) is 0 Å². The lowest BCUT2D eigenvalue weighted by atomic mass is 9.91. The number of fused-ring (bicyclic) bond motifs is 1. The molecule has 2 unspecified atom stereocenters. The fourth-order valence-corrected chi connectivity index (χ4v) is 4.64. The van der Waals surface area contributed by atoms with Crippen molar-refractivity contribution < 1.29 is 14.7 Å². The van der Waals surface area contributed by atoms with Crippen LogP contribution in [-0.4, -0.2) is 40.7 Å². The molecule has 0 bridgehead atoms. The Labute approximate surface area is 134 Å². The Bertz CT molecular complexity index is 575. The summed E-state index contributed by atoms with van der Waals surface area (Å²) in [6.45, 7) is 1.53. The zero-order valence-electron chi connectivity index (χ0n) is 12.5. The molecule has 118 valence electrons. The molecule has 4 nitrogen and oxygen atoms in total. The maximum absolute atomic E-state index is 12.8. The van der Waals surface area contributed by atoms with Gasteiger partial charge >= 0.3 is 5.97 Å². The van der Waals surface area contributed by atoms with E-state index in [1.54, 1.807) is 11.8 Å². The average Bonchev–Trinajstić information content (AvgIpc) is 2.96. The van der Waals surface area contributed by atoms with Gasteiger partial charge in [0.1, 0.15) is 0 Å². The van der Waals surface area contributed by atoms with E-state index in [0.717, 1.165) is 37.2 Å². The van der Waals surface area contributed by atoms with E-state index in [9.17, 15) is 9.59 Å². The van der Waals surface area contributed by atoms with Crippen molar-refractivity contribution in [3.8, 4) is 0 Å². The number of benzene rings is 1. The van der Waals surface area contributed by atoms with Gasteiger partial charge in [0.05, 0.1) is 5.92 Å². The number of rotatable bonds is 4. The number of carboxylic acid groups (broad SMARTS) is 1. The first-order valence-corrected chi connectivity index (χ1v) is 8.86. The van der Waals surface area contributed by atoms with Crippen LogP contribution >= 0.6 is 11.8 Å². The normalized spacial score (nSPS) is 24.1. The second-order valence-corrected chi connectivity index (χ2v) is 7.19. The monoisotopic (exact) mass is 319 g/mol. The number of hydrogen-bond acceptors (Lipinski definition) is 3. The van der Waals surface area contributed by atoms with Crippen LogP contribution in [0.3, 0.4) is 0 Å². The highest BCUT2D eigenvalue weighted by atomic mass is 32.2. The van der Waals surface area contributed by atoms with Gasteiger partial charge in [0.2, 0.25) is 5.91 Å². The molecule has 1 N–H and O–H groups in total. The number of thioether (sulfide) groups is 1. The Morgan fingerprint density at radius 1 is 1.32 bits per heavy atom. The quantitative estimate of drug-likeness (QED) is 0.927. The summed E-state index contributed by atoms with van der Waals surface area (Å²) in [5, 5.41) is 8.82. The molecule has 1 saturated heterocycles. The van der Waals surface area contributed by atoms with Crippen molar-refractivity contribution in [3.63, 3.8) is 0 Å². The summed E-state index contributed by atoms with van der Waals surface area (Å²) in [6, 6.07) is 8.15. The Kier molecular flexibility index (Phi) is 4.71. The molecule has 1 fully saturated rings. The van der Waals surface area contributed by atoms with Crippen molar-refractivity contribution in [2.24, 2.45) is 5.92 Å². The average molecular weight is 319 g/mol. The molecule has 1 amide bonds. The van der Waals surface area contributed by atoms with Crippen molar-refractivity contribution in [1.82, 2.24) is 4.90 Å². The molecule has 2 heterocycles. The molecule has 1 aromatic carbocycles. The third kappa shape index (κ3) is 3.29. The van der Waals surface area contributed by atoms with Crippen LogP contribution in [0.1, 0.15) is 37.2 Å². The van der Waals surface area contributed by atoms with Crippen LogP contribution in [0.5, 0.6) is 0 Å². The smallest absolute Gasteiger partial charge is 0.303 e. The van der Waals surface area contributed by atoms with Crippen molar-refractivity contribution >= 4 is 23.6 Å². The fraction of sp³-hybridized carbons (Fsp3) is 0.529. The van der Waals surface area contributed by atoms with E-state index < -0.39 is 5.97 Å². The van der Waals surface area contributed by atoms with Crippen LogP contribution < -0.4 is 0 Å². The molecule has 0 radical (unpaired) electrons. The van der Waals surface area contributed by atoms with Gasteiger partial charge in [0.15, 0.2) is 0 Å². The van der Waals surface area contributed by atoms with Crippen molar-refractivity contribution in [1.29, 1.82) is 0 Å². The molecule has 22 heavy (non-hydrogen) atoms. The summed E-state index contributed by atoms with van der Waals surface area (Å²) in [6.07, 6.45) is 2.90. The second kappa shape index (κ2) is 6.73. The number of carbonyl (C=O) groups is 2. The van der Waals surface area contributed by atoms with Gasteiger partial charge in [0, 0.05) is 30.2 Å². The molecule has 0 aromatic heterocycles. The number of hydrogen-bond donors (Lipinski definition) is 1. The Morgan fingerprint density at radius 3 is 2.95 bits per heavy atom. The standard InChI is InChI=1S/C17H21NO3S/c19-16(20)8-7-12-4-3-9-18(10-12)17(21)14-11-22-15-6-2-1-5-13(14)15/h1-2,5-6,12,14H,3-4,7-11H2,(H,19,20). The van der Waals surface area contributed by atoms with Gasteiger partial charge < -0.3 is 10.0 Å². The van der Waals surface area contributed by atoms with E-state index >= 15 is 0 Å². The number of carboxylic acids is 1. The molecule has 3 rings (SSSR count). The third-order valence-corrected chi connectivity index (χ3v) is 5.78. The van der Waals surface area contributed by atoms with E-state index in [-0.39, 0.29) is 18.2 Å². The summed E-state index contributed by atoms with van der Waals surface area (Å²) < 4.78 is 0. The first-order chi connectivity index (χ1) is 10.6. The lowest BCUT2D eigenvalue weighted by Gasteiger charge is -2.34. The molecule has 2 atom stereocenters. The van der Waals surface area contributed by atoms with Crippen molar-refractivity contribution in [3.05, 3.63) is 29.8 Å². The van der Waals surface area contributed by atoms with Gasteiger partial charge in [-0.15, -0.1) is 11.8 Å². The number of carbonyl (C=O) groups excluding carboxylic acids is 1. The zero-order valence-corrected chi connectivity index (χ0v) is 13.3. The summed E-state index contributed by atoms with van der Waals surface area (Å²) in [7, 11) is 0. The number of piperidine rings is 1. The van der Waals surface area contributed by atoms with Crippen molar-refractivity contribution in [2.45, 2.75) is 36.5 Å². The predicted octanol–water partition coefficient (Wildman–Crippen LogP) is 2.98. The fourth-order valence-electron chi connectivity index (χ4n) is 3.42. The van der Waals surface area contributed by atoms with Crippen LogP contribution in [0, 0.1) is 5.92 Å². The van der Waals surface area contributed by atoms with Crippen LogP contribution in [0.2, 0.25) is 0 Å². The minimum absolute atomic E-state index is 0.0283. The Hall–Kier alpha value is -1.49. The molecular formula is C17H21NO3S. The van der Waals surface area contributed by atoms with E-state index in [0.29, 0.717) is 12.3 Å². The number of likely N-dealkylation sites (tertiary alicyclic amines) is 1. The first kappa shape index (κ1) is 15.4. The topological polar surface area (TPSA) is 57.6 Å². The second-order valence-electron chi connectivity index (χ2n) is 6.13. The highest BCUT2D eigenvalue weighted by molar-refractivity contribution is 7.99. The minimum Gasteiger partial charge on any atom is -0.481 e. The van der Waals surface area contributed by atoms with Gasteiger partial charge in [-0.3, -0.25) is 9.59 Å².